The van der Waals surface area contributed by atoms with E-state index in [1.807, 2.05) is 0 Å². The first kappa shape index (κ1) is 25.7. The van der Waals surface area contributed by atoms with Gasteiger partial charge in [-0.25, -0.2) is 4.79 Å². The third-order valence-electron chi connectivity index (χ3n) is 6.98. The molecule has 38 heavy (non-hydrogen) atoms. The number of methoxy groups -OCH3 is 1. The second kappa shape index (κ2) is 11.2. The van der Waals surface area contributed by atoms with E-state index in [-0.39, 0.29) is 11.3 Å². The summed E-state index contributed by atoms with van der Waals surface area (Å²) in [6.45, 7) is 4.86. The molecule has 0 aromatic heterocycles. The molecule has 0 spiro atoms. The highest BCUT2D eigenvalue weighted by atomic mass is 16.6. The lowest BCUT2D eigenvalue weighted by atomic mass is 9.94. The first-order valence-corrected chi connectivity index (χ1v) is 12.6. The molecule has 3 heterocycles. The van der Waals surface area contributed by atoms with E-state index in [4.69, 9.17) is 18.9 Å². The molecule has 2 fully saturated rings. The fourth-order valence-electron chi connectivity index (χ4n) is 5.01. The summed E-state index contributed by atoms with van der Waals surface area (Å²) in [4.78, 5) is 42.3. The van der Waals surface area contributed by atoms with Gasteiger partial charge in [-0.05, 0) is 42.3 Å². The molecule has 200 valence electrons. The van der Waals surface area contributed by atoms with Gasteiger partial charge in [0.25, 0.3) is 11.7 Å². The van der Waals surface area contributed by atoms with Crippen molar-refractivity contribution in [3.8, 4) is 11.5 Å². The van der Waals surface area contributed by atoms with Gasteiger partial charge in [0.2, 0.25) is 0 Å². The lowest BCUT2D eigenvalue weighted by Gasteiger charge is -2.29. The van der Waals surface area contributed by atoms with Crippen molar-refractivity contribution < 1.29 is 38.4 Å². The minimum absolute atomic E-state index is 0.0103. The van der Waals surface area contributed by atoms with Crippen LogP contribution in [-0.4, -0.2) is 92.3 Å². The number of nitrogens with zero attached hydrogens (tertiary/aromatic N) is 2. The summed E-state index contributed by atoms with van der Waals surface area (Å²) in [5.74, 6) is -1.21. The van der Waals surface area contributed by atoms with Gasteiger partial charge in [-0.1, -0.05) is 12.1 Å². The van der Waals surface area contributed by atoms with Crippen LogP contribution in [0.3, 0.4) is 0 Å². The molecule has 0 bridgehead atoms. The van der Waals surface area contributed by atoms with Crippen molar-refractivity contribution in [3.63, 3.8) is 0 Å². The Morgan fingerprint density at radius 1 is 0.947 bits per heavy atom. The number of likely N-dealkylation sites (tertiary alicyclic amines) is 1. The Hall–Kier alpha value is -3.89. The van der Waals surface area contributed by atoms with E-state index in [9.17, 15) is 19.5 Å². The summed E-state index contributed by atoms with van der Waals surface area (Å²) in [5.41, 5.74) is 1.27. The zero-order chi connectivity index (χ0) is 26.6. The quantitative estimate of drug-likeness (QED) is 0.253. The number of amides is 1. The zero-order valence-electron chi connectivity index (χ0n) is 21.2. The number of rotatable bonds is 7. The molecular formula is C28H30N2O8. The summed E-state index contributed by atoms with van der Waals surface area (Å²) < 4.78 is 21.4. The standard InChI is InChI=1S/C28H30N2O8/c1-35-28(34)19-5-3-18(4-6-19)24-23(25(31)20-7-8-21-22(17-20)38-16-15-37-21)26(32)27(33)30(24)10-2-9-29-11-13-36-14-12-29/h3-8,17,24,31H,2,9-16H2,1H3. The molecule has 10 nitrogen and oxygen atoms in total. The van der Waals surface area contributed by atoms with E-state index in [1.54, 1.807) is 42.5 Å². The Balaban J connectivity index is 1.49. The number of benzene rings is 2. The van der Waals surface area contributed by atoms with E-state index < -0.39 is 23.7 Å². The maximum atomic E-state index is 13.3. The average Bonchev–Trinajstić information content (AvgIpc) is 3.21. The number of ether oxygens (including phenoxy) is 4. The molecule has 0 saturated carbocycles. The second-order valence-electron chi connectivity index (χ2n) is 9.27. The number of hydrogen-bond acceptors (Lipinski definition) is 9. The van der Waals surface area contributed by atoms with Gasteiger partial charge in [-0.3, -0.25) is 14.5 Å². The van der Waals surface area contributed by atoms with Gasteiger partial charge in [0.1, 0.15) is 19.0 Å². The number of morpholine rings is 1. The Labute approximate surface area is 220 Å². The van der Waals surface area contributed by atoms with Crippen LogP contribution in [0.15, 0.2) is 48.0 Å². The summed E-state index contributed by atoms with van der Waals surface area (Å²) >= 11 is 0. The number of hydrogen-bond donors (Lipinski definition) is 1. The smallest absolute Gasteiger partial charge is 0.337 e. The number of esters is 1. The molecule has 1 atom stereocenters. The Bertz CT molecular complexity index is 1250. The van der Waals surface area contributed by atoms with Gasteiger partial charge in [-0.2, -0.15) is 0 Å². The van der Waals surface area contributed by atoms with Gasteiger partial charge in [0.05, 0.1) is 37.5 Å². The van der Waals surface area contributed by atoms with Crippen LogP contribution in [0.1, 0.15) is 33.9 Å². The second-order valence-corrected chi connectivity index (χ2v) is 9.27. The molecule has 1 amide bonds. The first-order chi connectivity index (χ1) is 18.5. The van der Waals surface area contributed by atoms with Gasteiger partial charge in [-0.15, -0.1) is 0 Å². The molecule has 2 aromatic carbocycles. The highest BCUT2D eigenvalue weighted by Gasteiger charge is 2.46. The number of ketones is 1. The third-order valence-corrected chi connectivity index (χ3v) is 6.98. The average molecular weight is 523 g/mol. The lowest BCUT2D eigenvalue weighted by Crippen LogP contribution is -2.39. The zero-order valence-corrected chi connectivity index (χ0v) is 21.2. The number of carbonyl (C=O) groups excluding carboxylic acids is 3. The van der Waals surface area contributed by atoms with E-state index in [0.29, 0.717) is 67.6 Å². The van der Waals surface area contributed by atoms with E-state index in [0.717, 1.165) is 19.6 Å². The van der Waals surface area contributed by atoms with Gasteiger partial charge in [0, 0.05) is 31.7 Å². The van der Waals surface area contributed by atoms with E-state index in [2.05, 4.69) is 4.90 Å². The maximum absolute atomic E-state index is 13.3. The van der Waals surface area contributed by atoms with E-state index in [1.165, 1.54) is 12.0 Å². The molecule has 0 radical (unpaired) electrons. The predicted octanol–water partition coefficient (Wildman–Crippen LogP) is 2.39. The van der Waals surface area contributed by atoms with Crippen molar-refractivity contribution >= 4 is 23.4 Å². The van der Waals surface area contributed by atoms with Crippen LogP contribution >= 0.6 is 0 Å². The summed E-state index contributed by atoms with van der Waals surface area (Å²) in [5, 5.41) is 11.4. The summed E-state index contributed by atoms with van der Waals surface area (Å²) in [6.07, 6.45) is 0.647. The predicted molar refractivity (Wildman–Crippen MR) is 136 cm³/mol. The highest BCUT2D eigenvalue weighted by molar-refractivity contribution is 6.46. The normalized spacial score (nSPS) is 21.0. The molecule has 10 heteroatoms. The minimum atomic E-state index is -0.820. The van der Waals surface area contributed by atoms with Crippen molar-refractivity contribution in [1.29, 1.82) is 0 Å². The van der Waals surface area contributed by atoms with Gasteiger partial charge < -0.3 is 29.0 Å². The van der Waals surface area contributed by atoms with Crippen molar-refractivity contribution in [3.05, 3.63) is 64.7 Å². The number of carbonyl (C=O) groups is 3. The largest absolute Gasteiger partial charge is 0.507 e. The topological polar surface area (TPSA) is 115 Å². The minimum Gasteiger partial charge on any atom is -0.507 e. The molecule has 2 saturated heterocycles. The van der Waals surface area contributed by atoms with E-state index >= 15 is 0 Å². The van der Waals surface area contributed by atoms with Crippen LogP contribution in [0.5, 0.6) is 11.5 Å². The SMILES string of the molecule is COC(=O)c1ccc(C2C(=C(O)c3ccc4c(c3)OCCO4)C(=O)C(=O)N2CCCN2CCOCC2)cc1. The number of Topliss-reactive ketones (excluding diaryl/α,β-unsaturated/α-hetero) is 1. The number of fused-ring (bicyclic) bond motifs is 1. The molecule has 0 aliphatic carbocycles. The van der Waals surface area contributed by atoms with Crippen LogP contribution in [0, 0.1) is 0 Å². The Morgan fingerprint density at radius 2 is 1.63 bits per heavy atom. The highest BCUT2D eigenvalue weighted by Crippen LogP contribution is 2.41. The Morgan fingerprint density at radius 3 is 2.34 bits per heavy atom. The third kappa shape index (κ3) is 5.09. The van der Waals surface area contributed by atoms with Crippen molar-refractivity contribution in [1.82, 2.24) is 9.80 Å². The van der Waals surface area contributed by atoms with Crippen LogP contribution in [0.2, 0.25) is 0 Å². The van der Waals surface area contributed by atoms with Crippen molar-refractivity contribution in [2.75, 3.05) is 59.7 Å². The van der Waals surface area contributed by atoms with Crippen molar-refractivity contribution in [2.45, 2.75) is 12.5 Å². The van der Waals surface area contributed by atoms with Crippen LogP contribution in [0.4, 0.5) is 0 Å². The fraction of sp³-hybridized carbons (Fsp3) is 0.393. The molecule has 3 aliphatic rings. The van der Waals surface area contributed by atoms with Crippen LogP contribution in [0.25, 0.3) is 5.76 Å². The molecule has 5 rings (SSSR count). The van der Waals surface area contributed by atoms with Gasteiger partial charge in [0.15, 0.2) is 11.5 Å². The molecule has 1 unspecified atom stereocenters. The van der Waals surface area contributed by atoms with Crippen molar-refractivity contribution in [2.24, 2.45) is 0 Å². The molecule has 1 N–H and O–H groups in total. The van der Waals surface area contributed by atoms with Crippen LogP contribution < -0.4 is 9.47 Å². The monoisotopic (exact) mass is 522 g/mol. The number of aliphatic hydroxyl groups excluding tert-OH is 1. The molecular weight excluding hydrogens is 492 g/mol. The van der Waals surface area contributed by atoms with Crippen LogP contribution in [-0.2, 0) is 19.1 Å². The summed E-state index contributed by atoms with van der Waals surface area (Å²) in [7, 11) is 1.30. The fourth-order valence-corrected chi connectivity index (χ4v) is 5.01. The van der Waals surface area contributed by atoms with Gasteiger partial charge >= 0.3 is 5.97 Å². The molecule has 2 aromatic rings. The Kier molecular flexibility index (Phi) is 7.62. The first-order valence-electron chi connectivity index (χ1n) is 12.6. The summed E-state index contributed by atoms with van der Waals surface area (Å²) in [6, 6.07) is 10.6. The lowest BCUT2D eigenvalue weighted by molar-refractivity contribution is -0.140. The number of aliphatic hydroxyl groups is 1. The maximum Gasteiger partial charge on any atom is 0.337 e. The molecule has 3 aliphatic heterocycles.